The predicted octanol–water partition coefficient (Wildman–Crippen LogP) is 16.4. The lowest BCUT2D eigenvalue weighted by atomic mass is 9.88. The largest absolute Gasteiger partial charge is 0.253 e. The Bertz CT molecular complexity index is 1260. The van der Waals surface area contributed by atoms with Crippen molar-refractivity contribution in [2.45, 2.75) is 229 Å². The molecule has 2 aromatic rings. The van der Waals surface area contributed by atoms with E-state index < -0.39 is 0 Å². The summed E-state index contributed by atoms with van der Waals surface area (Å²) in [7, 11) is 0. The van der Waals surface area contributed by atoms with Crippen LogP contribution in [0.25, 0.3) is 6.08 Å². The first-order chi connectivity index (χ1) is 25.0. The topological polar surface area (TPSA) is 12.4 Å². The minimum atomic E-state index is 0.957. The van der Waals surface area contributed by atoms with E-state index >= 15 is 0 Å². The summed E-state index contributed by atoms with van der Waals surface area (Å²) in [5, 5.41) is 0. The standard InChI is InChI=1S/C50H83N/c1-9-16-22-24-26-28-32-44-38-42(37-43(30-18-11-3)48(44)34-20-13-5)36-41(8)50(15-7)51-47-39-45(31-19-12-4)49(35-21-14-6)46(40-47)33-29-27-25-23-17-10-2/h36-40H,9-35H2,1-8H3. The molecule has 0 fully saturated rings. The molecule has 0 bridgehead atoms. The highest BCUT2D eigenvalue weighted by Crippen LogP contribution is 2.30. The van der Waals surface area contributed by atoms with Gasteiger partial charge in [0.05, 0.1) is 5.69 Å². The zero-order valence-corrected chi connectivity index (χ0v) is 35.4. The molecule has 0 unspecified atom stereocenters. The quantitative estimate of drug-likeness (QED) is 0.0569. The molecule has 51 heavy (non-hydrogen) atoms. The van der Waals surface area contributed by atoms with Gasteiger partial charge in [0.25, 0.3) is 0 Å². The van der Waals surface area contributed by atoms with E-state index in [4.69, 9.17) is 4.99 Å². The van der Waals surface area contributed by atoms with Gasteiger partial charge in [-0.05, 0) is 147 Å². The molecule has 0 saturated heterocycles. The number of unbranched alkanes of at least 4 members (excludes halogenated alkanes) is 14. The van der Waals surface area contributed by atoms with E-state index in [0.717, 1.165) is 6.42 Å². The maximum absolute atomic E-state index is 5.48. The lowest BCUT2D eigenvalue weighted by Crippen LogP contribution is -2.04. The first-order valence-corrected chi connectivity index (χ1v) is 22.5. The molecule has 0 aromatic heterocycles. The third-order valence-electron chi connectivity index (χ3n) is 11.1. The van der Waals surface area contributed by atoms with Crippen LogP contribution in [0.4, 0.5) is 5.69 Å². The molecule has 288 valence electrons. The van der Waals surface area contributed by atoms with Gasteiger partial charge in [0.15, 0.2) is 0 Å². The Morgan fingerprint density at radius 2 is 0.784 bits per heavy atom. The molecule has 0 aliphatic heterocycles. The summed E-state index contributed by atoms with van der Waals surface area (Å²) in [6.45, 7) is 18.6. The predicted molar refractivity (Wildman–Crippen MR) is 233 cm³/mol. The third kappa shape index (κ3) is 17.5. The second kappa shape index (κ2) is 28.4. The second-order valence-corrected chi connectivity index (χ2v) is 15.7. The number of hydrogen-bond acceptors (Lipinski definition) is 1. The van der Waals surface area contributed by atoms with Crippen LogP contribution in [-0.4, -0.2) is 5.71 Å². The molecule has 0 aliphatic carbocycles. The Labute approximate surface area is 319 Å². The number of aliphatic imine (C=N–C) groups is 1. The maximum Gasteiger partial charge on any atom is 0.0638 e. The van der Waals surface area contributed by atoms with Crippen LogP contribution in [-0.2, 0) is 38.5 Å². The molecule has 2 aromatic carbocycles. The minimum Gasteiger partial charge on any atom is -0.253 e. The number of allylic oxidation sites excluding steroid dienone is 1. The van der Waals surface area contributed by atoms with Crippen molar-refractivity contribution in [3.8, 4) is 0 Å². The zero-order valence-electron chi connectivity index (χ0n) is 35.4. The van der Waals surface area contributed by atoms with Gasteiger partial charge < -0.3 is 0 Å². The second-order valence-electron chi connectivity index (χ2n) is 15.7. The molecule has 0 heterocycles. The van der Waals surface area contributed by atoms with Gasteiger partial charge in [-0.15, -0.1) is 0 Å². The lowest BCUT2D eigenvalue weighted by Gasteiger charge is -2.18. The number of hydrogen-bond donors (Lipinski definition) is 0. The fourth-order valence-electron chi connectivity index (χ4n) is 7.85. The van der Waals surface area contributed by atoms with Gasteiger partial charge in [-0.3, -0.25) is 4.99 Å². The van der Waals surface area contributed by atoms with E-state index in [1.807, 2.05) is 0 Å². The Morgan fingerprint density at radius 3 is 1.20 bits per heavy atom. The molecule has 1 heteroatoms. The van der Waals surface area contributed by atoms with Gasteiger partial charge in [-0.2, -0.15) is 0 Å². The highest BCUT2D eigenvalue weighted by molar-refractivity contribution is 6.04. The van der Waals surface area contributed by atoms with Gasteiger partial charge in [-0.1, -0.05) is 157 Å². The zero-order chi connectivity index (χ0) is 37.1. The van der Waals surface area contributed by atoms with Crippen LogP contribution in [0.1, 0.15) is 229 Å². The average Bonchev–Trinajstić information content (AvgIpc) is 3.13. The minimum absolute atomic E-state index is 0.957. The van der Waals surface area contributed by atoms with Crippen LogP contribution in [0.5, 0.6) is 0 Å². The summed E-state index contributed by atoms with van der Waals surface area (Å²) in [5.74, 6) is 0. The molecule has 0 amide bonds. The van der Waals surface area contributed by atoms with Crippen molar-refractivity contribution < 1.29 is 0 Å². The first-order valence-electron chi connectivity index (χ1n) is 22.5. The Morgan fingerprint density at radius 1 is 0.431 bits per heavy atom. The van der Waals surface area contributed by atoms with Crippen LogP contribution < -0.4 is 0 Å². The van der Waals surface area contributed by atoms with Crippen LogP contribution in [0.3, 0.4) is 0 Å². The summed E-state index contributed by atoms with van der Waals surface area (Å²) in [6.07, 6.45) is 37.1. The normalized spacial score (nSPS) is 12.3. The fourth-order valence-corrected chi connectivity index (χ4v) is 7.85. The molecule has 0 N–H and O–H groups in total. The Hall–Kier alpha value is -2.15. The van der Waals surface area contributed by atoms with E-state index in [-0.39, 0.29) is 0 Å². The molecule has 0 saturated carbocycles. The summed E-state index contributed by atoms with van der Waals surface area (Å²) >= 11 is 0. The van der Waals surface area contributed by atoms with Gasteiger partial charge in [0.2, 0.25) is 0 Å². The highest BCUT2D eigenvalue weighted by Gasteiger charge is 2.14. The van der Waals surface area contributed by atoms with Crippen LogP contribution in [0, 0.1) is 0 Å². The van der Waals surface area contributed by atoms with Crippen molar-refractivity contribution in [2.75, 3.05) is 0 Å². The highest BCUT2D eigenvalue weighted by atomic mass is 14.7. The van der Waals surface area contributed by atoms with Crippen molar-refractivity contribution >= 4 is 17.5 Å². The van der Waals surface area contributed by atoms with E-state index in [2.05, 4.69) is 85.7 Å². The van der Waals surface area contributed by atoms with Crippen molar-refractivity contribution in [3.63, 3.8) is 0 Å². The van der Waals surface area contributed by atoms with E-state index in [0.29, 0.717) is 0 Å². The number of aryl methyl sites for hydroxylation is 4. The summed E-state index contributed by atoms with van der Waals surface area (Å²) in [4.78, 5) is 5.48. The van der Waals surface area contributed by atoms with Gasteiger partial charge >= 0.3 is 0 Å². The summed E-state index contributed by atoms with van der Waals surface area (Å²) in [5.41, 5.74) is 14.9. The summed E-state index contributed by atoms with van der Waals surface area (Å²) < 4.78 is 0. The fraction of sp³-hybridized carbons (Fsp3) is 0.700. The number of benzene rings is 2. The van der Waals surface area contributed by atoms with Crippen LogP contribution in [0.2, 0.25) is 0 Å². The SMILES string of the molecule is CCCCCCCCc1cc(C=C(C)C(CC)=Nc2cc(CCCC)c(CCCC)c(CCCCCCCC)c2)cc(CCCC)c1CCCC. The maximum atomic E-state index is 5.48. The monoisotopic (exact) mass is 698 g/mol. The number of rotatable bonds is 30. The van der Waals surface area contributed by atoms with Crippen LogP contribution in [0.15, 0.2) is 34.8 Å². The molecule has 0 radical (unpaired) electrons. The van der Waals surface area contributed by atoms with Crippen molar-refractivity contribution in [3.05, 3.63) is 68.8 Å². The molecular weight excluding hydrogens is 615 g/mol. The van der Waals surface area contributed by atoms with Crippen LogP contribution >= 0.6 is 0 Å². The molecule has 2 rings (SSSR count). The van der Waals surface area contributed by atoms with E-state index in [9.17, 15) is 0 Å². The number of nitrogens with zero attached hydrogens (tertiary/aromatic N) is 1. The van der Waals surface area contributed by atoms with E-state index in [1.54, 1.807) is 33.4 Å². The smallest absolute Gasteiger partial charge is 0.0638 e. The Kier molecular flexibility index (Phi) is 25.0. The van der Waals surface area contributed by atoms with Crippen molar-refractivity contribution in [2.24, 2.45) is 4.99 Å². The van der Waals surface area contributed by atoms with Crippen molar-refractivity contribution in [1.82, 2.24) is 0 Å². The third-order valence-corrected chi connectivity index (χ3v) is 11.1. The molecule has 1 nitrogen and oxygen atoms in total. The van der Waals surface area contributed by atoms with Crippen molar-refractivity contribution in [1.29, 1.82) is 0 Å². The lowest BCUT2D eigenvalue weighted by molar-refractivity contribution is 0.605. The Balaban J connectivity index is 2.52. The van der Waals surface area contributed by atoms with Gasteiger partial charge in [0.1, 0.15) is 0 Å². The molecule has 0 atom stereocenters. The van der Waals surface area contributed by atoms with Gasteiger partial charge in [0, 0.05) is 5.71 Å². The molecule has 0 aliphatic rings. The summed E-state index contributed by atoms with van der Waals surface area (Å²) in [6, 6.07) is 10.1. The van der Waals surface area contributed by atoms with Gasteiger partial charge in [-0.25, -0.2) is 0 Å². The average molecular weight is 698 g/mol. The molecular formula is C50H83N. The molecule has 0 spiro atoms. The van der Waals surface area contributed by atoms with E-state index in [1.165, 1.54) is 189 Å². The first kappa shape index (κ1) is 45.0.